The first-order valence-electron chi connectivity index (χ1n) is 6.56. The van der Waals surface area contributed by atoms with Gasteiger partial charge in [-0.25, -0.2) is 8.42 Å². The summed E-state index contributed by atoms with van der Waals surface area (Å²) in [6.07, 6.45) is 2.70. The van der Waals surface area contributed by atoms with E-state index < -0.39 is 9.84 Å². The highest BCUT2D eigenvalue weighted by atomic mass is 32.2. The smallest absolute Gasteiger partial charge is 0.150 e. The maximum atomic E-state index is 11.4. The van der Waals surface area contributed by atoms with Gasteiger partial charge in [0.15, 0.2) is 0 Å². The summed E-state index contributed by atoms with van der Waals surface area (Å²) in [5.41, 5.74) is 0.259. The second-order valence-electron chi connectivity index (χ2n) is 6.10. The SMILES string of the molecule is CC1(C)CNCCC1NC1CCS(=O)(=O)CC1. The third-order valence-corrected chi connectivity index (χ3v) is 5.84. The van der Waals surface area contributed by atoms with Gasteiger partial charge in [0, 0.05) is 18.6 Å². The van der Waals surface area contributed by atoms with Gasteiger partial charge in [-0.3, -0.25) is 0 Å². The molecule has 1 unspecified atom stereocenters. The molecule has 2 aliphatic heterocycles. The molecule has 0 aliphatic carbocycles. The molecule has 0 radical (unpaired) electrons. The van der Waals surface area contributed by atoms with Gasteiger partial charge in [-0.1, -0.05) is 13.8 Å². The number of sulfone groups is 1. The molecule has 2 heterocycles. The van der Waals surface area contributed by atoms with Gasteiger partial charge in [-0.15, -0.1) is 0 Å². The highest BCUT2D eigenvalue weighted by molar-refractivity contribution is 7.91. The van der Waals surface area contributed by atoms with Gasteiger partial charge in [0.05, 0.1) is 11.5 Å². The van der Waals surface area contributed by atoms with E-state index >= 15 is 0 Å². The Labute approximate surface area is 104 Å². The van der Waals surface area contributed by atoms with Crippen LogP contribution >= 0.6 is 0 Å². The molecular weight excluding hydrogens is 236 g/mol. The number of hydrogen-bond donors (Lipinski definition) is 2. The molecule has 17 heavy (non-hydrogen) atoms. The quantitative estimate of drug-likeness (QED) is 0.761. The van der Waals surface area contributed by atoms with Crippen molar-refractivity contribution in [2.24, 2.45) is 5.41 Å². The molecule has 2 rings (SSSR count). The average molecular weight is 260 g/mol. The fourth-order valence-corrected chi connectivity index (χ4v) is 4.31. The Hall–Kier alpha value is -0.130. The second-order valence-corrected chi connectivity index (χ2v) is 8.40. The molecule has 2 saturated heterocycles. The van der Waals surface area contributed by atoms with Crippen LogP contribution in [0.15, 0.2) is 0 Å². The summed E-state index contributed by atoms with van der Waals surface area (Å²) in [4.78, 5) is 0. The Balaban J connectivity index is 1.89. The van der Waals surface area contributed by atoms with Crippen LogP contribution in [0.25, 0.3) is 0 Å². The molecule has 0 aromatic carbocycles. The average Bonchev–Trinajstić information content (AvgIpc) is 2.24. The van der Waals surface area contributed by atoms with Gasteiger partial charge >= 0.3 is 0 Å². The van der Waals surface area contributed by atoms with Crippen LogP contribution in [-0.2, 0) is 9.84 Å². The number of rotatable bonds is 2. The van der Waals surface area contributed by atoms with Crippen LogP contribution in [0.5, 0.6) is 0 Å². The van der Waals surface area contributed by atoms with E-state index in [0.29, 0.717) is 23.6 Å². The van der Waals surface area contributed by atoms with Crippen LogP contribution in [0.2, 0.25) is 0 Å². The van der Waals surface area contributed by atoms with Gasteiger partial charge in [0.25, 0.3) is 0 Å². The molecule has 100 valence electrons. The monoisotopic (exact) mass is 260 g/mol. The number of nitrogens with one attached hydrogen (secondary N) is 2. The minimum Gasteiger partial charge on any atom is -0.316 e. The van der Waals surface area contributed by atoms with Crippen molar-refractivity contribution in [1.29, 1.82) is 0 Å². The van der Waals surface area contributed by atoms with Crippen LogP contribution < -0.4 is 10.6 Å². The van der Waals surface area contributed by atoms with E-state index in [4.69, 9.17) is 0 Å². The van der Waals surface area contributed by atoms with Crippen molar-refractivity contribution in [3.63, 3.8) is 0 Å². The van der Waals surface area contributed by atoms with Gasteiger partial charge in [0.2, 0.25) is 0 Å². The Morgan fingerprint density at radius 2 is 1.82 bits per heavy atom. The summed E-state index contributed by atoms with van der Waals surface area (Å²) >= 11 is 0. The molecule has 2 N–H and O–H groups in total. The van der Waals surface area contributed by atoms with Crippen LogP contribution in [0.3, 0.4) is 0 Å². The number of hydrogen-bond acceptors (Lipinski definition) is 4. The van der Waals surface area contributed by atoms with Crippen LogP contribution in [0.1, 0.15) is 33.1 Å². The first-order valence-corrected chi connectivity index (χ1v) is 8.38. The molecule has 0 aromatic heterocycles. The lowest BCUT2D eigenvalue weighted by atomic mass is 9.79. The highest BCUT2D eigenvalue weighted by Crippen LogP contribution is 2.26. The zero-order valence-electron chi connectivity index (χ0n) is 10.8. The second kappa shape index (κ2) is 4.86. The van der Waals surface area contributed by atoms with Crippen molar-refractivity contribution in [2.75, 3.05) is 24.6 Å². The molecule has 5 heteroatoms. The largest absolute Gasteiger partial charge is 0.316 e. The van der Waals surface area contributed by atoms with Crippen molar-refractivity contribution >= 4 is 9.84 Å². The maximum absolute atomic E-state index is 11.4. The van der Waals surface area contributed by atoms with Gasteiger partial charge < -0.3 is 10.6 Å². The maximum Gasteiger partial charge on any atom is 0.150 e. The molecule has 0 spiro atoms. The third kappa shape index (κ3) is 3.42. The number of piperidine rings is 1. The summed E-state index contributed by atoms with van der Waals surface area (Å²) in [5, 5.41) is 7.10. The summed E-state index contributed by atoms with van der Waals surface area (Å²) in [6.45, 7) is 6.65. The standard InChI is InChI=1S/C12H24N2O2S/c1-12(2)9-13-6-3-11(12)14-10-4-7-17(15,16)8-5-10/h10-11,13-14H,3-9H2,1-2H3. The minimum atomic E-state index is -2.74. The Morgan fingerprint density at radius 1 is 1.18 bits per heavy atom. The van der Waals surface area contributed by atoms with Gasteiger partial charge in [-0.2, -0.15) is 0 Å². The molecule has 4 nitrogen and oxygen atoms in total. The van der Waals surface area contributed by atoms with E-state index in [0.717, 1.165) is 32.4 Å². The summed E-state index contributed by atoms with van der Waals surface area (Å²) in [5.74, 6) is 0.714. The molecular formula is C12H24N2O2S. The van der Waals surface area contributed by atoms with Crippen molar-refractivity contribution in [3.8, 4) is 0 Å². The van der Waals surface area contributed by atoms with Crippen LogP contribution in [0.4, 0.5) is 0 Å². The Bertz CT molecular complexity index is 351. The van der Waals surface area contributed by atoms with Crippen LogP contribution in [0, 0.1) is 5.41 Å². The summed E-state index contributed by atoms with van der Waals surface area (Å²) in [6, 6.07) is 0.899. The normalized spacial score (nSPS) is 33.4. The van der Waals surface area contributed by atoms with Crippen molar-refractivity contribution in [1.82, 2.24) is 10.6 Å². The molecule has 0 aromatic rings. The van der Waals surface area contributed by atoms with E-state index in [-0.39, 0.29) is 5.41 Å². The molecule has 0 bridgehead atoms. The van der Waals surface area contributed by atoms with Crippen LogP contribution in [-0.4, -0.2) is 45.1 Å². The zero-order chi connectivity index (χ0) is 12.5. The van der Waals surface area contributed by atoms with E-state index in [1.807, 2.05) is 0 Å². The summed E-state index contributed by atoms with van der Waals surface area (Å²) in [7, 11) is -2.74. The Kier molecular flexibility index (Phi) is 3.80. The van der Waals surface area contributed by atoms with Gasteiger partial charge in [0.1, 0.15) is 9.84 Å². The minimum absolute atomic E-state index is 0.259. The lowest BCUT2D eigenvalue weighted by Crippen LogP contribution is -2.56. The fraction of sp³-hybridized carbons (Fsp3) is 1.00. The van der Waals surface area contributed by atoms with E-state index in [2.05, 4.69) is 24.5 Å². The molecule has 0 amide bonds. The van der Waals surface area contributed by atoms with E-state index in [9.17, 15) is 8.42 Å². The predicted octanol–water partition coefficient (Wildman–Crippen LogP) is 0.541. The first kappa shape index (κ1) is 13.3. The van der Waals surface area contributed by atoms with E-state index in [1.165, 1.54) is 0 Å². The molecule has 0 saturated carbocycles. The summed E-state index contributed by atoms with van der Waals surface area (Å²) < 4.78 is 22.8. The van der Waals surface area contributed by atoms with Crippen molar-refractivity contribution in [3.05, 3.63) is 0 Å². The molecule has 1 atom stereocenters. The topological polar surface area (TPSA) is 58.2 Å². The molecule has 2 aliphatic rings. The lowest BCUT2D eigenvalue weighted by Gasteiger charge is -2.42. The first-order chi connectivity index (χ1) is 7.89. The van der Waals surface area contributed by atoms with Gasteiger partial charge in [-0.05, 0) is 31.2 Å². The molecule has 2 fully saturated rings. The van der Waals surface area contributed by atoms with Crippen molar-refractivity contribution in [2.45, 2.75) is 45.2 Å². The van der Waals surface area contributed by atoms with Crippen molar-refractivity contribution < 1.29 is 8.42 Å². The zero-order valence-corrected chi connectivity index (χ0v) is 11.6. The Morgan fingerprint density at radius 3 is 2.41 bits per heavy atom. The third-order valence-electron chi connectivity index (χ3n) is 4.13. The highest BCUT2D eigenvalue weighted by Gasteiger charge is 2.34. The van der Waals surface area contributed by atoms with E-state index in [1.54, 1.807) is 0 Å². The predicted molar refractivity (Wildman–Crippen MR) is 69.9 cm³/mol. The fourth-order valence-electron chi connectivity index (χ4n) is 2.82. The lowest BCUT2D eigenvalue weighted by molar-refractivity contribution is 0.168.